The summed E-state index contributed by atoms with van der Waals surface area (Å²) in [5.74, 6) is 0.444. The molecule has 0 atom stereocenters. The molecule has 0 unspecified atom stereocenters. The molecule has 0 aliphatic rings. The van der Waals surface area contributed by atoms with E-state index in [1.807, 2.05) is 30.3 Å². The van der Waals surface area contributed by atoms with Crippen molar-refractivity contribution in [3.8, 4) is 6.07 Å². The van der Waals surface area contributed by atoms with E-state index in [4.69, 9.17) is 5.26 Å². The van der Waals surface area contributed by atoms with Crippen LogP contribution in [0.1, 0.15) is 36.5 Å². The lowest BCUT2D eigenvalue weighted by molar-refractivity contribution is 0.466. The molecule has 2 aromatic carbocycles. The van der Waals surface area contributed by atoms with Gasteiger partial charge in [-0.1, -0.05) is 44.2 Å². The fraction of sp³-hybridized carbons (Fsp3) is 0.278. The van der Waals surface area contributed by atoms with Crippen LogP contribution in [-0.4, -0.2) is 19.8 Å². The first kappa shape index (κ1) is 17.2. The second-order valence-corrected chi connectivity index (χ2v) is 7.84. The van der Waals surface area contributed by atoms with Gasteiger partial charge in [-0.3, -0.25) is 0 Å². The number of hydrogen-bond donors (Lipinski definition) is 0. The first-order chi connectivity index (χ1) is 10.8. The summed E-state index contributed by atoms with van der Waals surface area (Å²) in [7, 11) is -2.07. The lowest BCUT2D eigenvalue weighted by Crippen LogP contribution is -2.26. The average Bonchev–Trinajstić information content (AvgIpc) is 2.55. The molecule has 0 radical (unpaired) electrons. The van der Waals surface area contributed by atoms with Crippen LogP contribution >= 0.6 is 0 Å². The van der Waals surface area contributed by atoms with Crippen molar-refractivity contribution in [3.05, 3.63) is 65.2 Å². The fourth-order valence-corrected chi connectivity index (χ4v) is 3.46. The van der Waals surface area contributed by atoms with E-state index in [9.17, 15) is 8.42 Å². The van der Waals surface area contributed by atoms with Crippen LogP contribution in [0.25, 0.3) is 0 Å². The highest BCUT2D eigenvalue weighted by molar-refractivity contribution is 7.89. The zero-order chi connectivity index (χ0) is 17.0. The Hall–Kier alpha value is -2.16. The van der Waals surface area contributed by atoms with Gasteiger partial charge in [0.25, 0.3) is 0 Å². The van der Waals surface area contributed by atoms with Gasteiger partial charge in [-0.05, 0) is 35.2 Å². The number of sulfonamides is 1. The highest BCUT2D eigenvalue weighted by Crippen LogP contribution is 2.19. The maximum atomic E-state index is 12.6. The van der Waals surface area contributed by atoms with E-state index >= 15 is 0 Å². The molecule has 23 heavy (non-hydrogen) atoms. The average molecular weight is 328 g/mol. The van der Waals surface area contributed by atoms with Gasteiger partial charge in [0.15, 0.2) is 0 Å². The SMILES string of the molecule is CC(C)c1ccc(CN(C)S(=O)(=O)c2cccc(C#N)c2)cc1. The smallest absolute Gasteiger partial charge is 0.207 e. The van der Waals surface area contributed by atoms with Gasteiger partial charge in [-0.2, -0.15) is 9.57 Å². The summed E-state index contributed by atoms with van der Waals surface area (Å²) < 4.78 is 26.5. The number of hydrogen-bond acceptors (Lipinski definition) is 3. The summed E-state index contributed by atoms with van der Waals surface area (Å²) in [6.07, 6.45) is 0. The standard InChI is InChI=1S/C18H20N2O2S/c1-14(2)17-9-7-15(8-10-17)13-20(3)23(21,22)18-6-4-5-16(11-18)12-19/h4-11,14H,13H2,1-3H3. The second kappa shape index (κ2) is 6.95. The Morgan fingerprint density at radius 1 is 1.13 bits per heavy atom. The van der Waals surface area contributed by atoms with Crippen molar-refractivity contribution in [1.29, 1.82) is 5.26 Å². The molecule has 0 aromatic heterocycles. The molecule has 0 amide bonds. The normalized spacial score (nSPS) is 11.7. The van der Waals surface area contributed by atoms with Crippen molar-refractivity contribution < 1.29 is 8.42 Å². The Balaban J connectivity index is 2.21. The van der Waals surface area contributed by atoms with Crippen LogP contribution in [0.5, 0.6) is 0 Å². The van der Waals surface area contributed by atoms with Crippen molar-refractivity contribution in [2.24, 2.45) is 0 Å². The molecular formula is C18H20N2O2S. The summed E-state index contributed by atoms with van der Waals surface area (Å²) in [5.41, 5.74) is 2.48. The van der Waals surface area contributed by atoms with Gasteiger partial charge >= 0.3 is 0 Å². The highest BCUT2D eigenvalue weighted by atomic mass is 32.2. The summed E-state index contributed by atoms with van der Waals surface area (Å²) in [6.45, 7) is 4.53. The molecule has 2 aromatic rings. The monoisotopic (exact) mass is 328 g/mol. The van der Waals surface area contributed by atoms with Gasteiger partial charge in [0.1, 0.15) is 0 Å². The van der Waals surface area contributed by atoms with Crippen LogP contribution in [-0.2, 0) is 16.6 Å². The summed E-state index contributed by atoms with van der Waals surface area (Å²) in [5, 5.41) is 8.91. The first-order valence-corrected chi connectivity index (χ1v) is 8.84. The molecular weight excluding hydrogens is 308 g/mol. The maximum Gasteiger partial charge on any atom is 0.243 e. The minimum Gasteiger partial charge on any atom is -0.207 e. The van der Waals surface area contributed by atoms with Gasteiger partial charge < -0.3 is 0 Å². The third-order valence-electron chi connectivity index (χ3n) is 3.72. The Morgan fingerprint density at radius 3 is 2.35 bits per heavy atom. The first-order valence-electron chi connectivity index (χ1n) is 7.40. The third kappa shape index (κ3) is 3.98. The zero-order valence-corrected chi connectivity index (χ0v) is 14.3. The Kier molecular flexibility index (Phi) is 5.19. The summed E-state index contributed by atoms with van der Waals surface area (Å²) in [4.78, 5) is 0.137. The van der Waals surface area contributed by atoms with E-state index in [1.54, 1.807) is 19.2 Å². The molecule has 0 spiro atoms. The number of nitrogens with zero attached hydrogens (tertiary/aromatic N) is 2. The minimum absolute atomic E-state index is 0.137. The highest BCUT2D eigenvalue weighted by Gasteiger charge is 2.21. The van der Waals surface area contributed by atoms with Crippen LogP contribution in [0.15, 0.2) is 53.4 Å². The molecule has 0 fully saturated rings. The largest absolute Gasteiger partial charge is 0.243 e. The van der Waals surface area contributed by atoms with E-state index in [0.717, 1.165) is 5.56 Å². The van der Waals surface area contributed by atoms with E-state index in [0.29, 0.717) is 11.5 Å². The van der Waals surface area contributed by atoms with Gasteiger partial charge in [0.05, 0.1) is 16.5 Å². The Bertz CT molecular complexity index is 819. The van der Waals surface area contributed by atoms with E-state index < -0.39 is 10.0 Å². The van der Waals surface area contributed by atoms with E-state index in [2.05, 4.69) is 13.8 Å². The molecule has 0 heterocycles. The molecule has 0 bridgehead atoms. The molecule has 5 heteroatoms. The van der Waals surface area contributed by atoms with Crippen LogP contribution in [0, 0.1) is 11.3 Å². The van der Waals surface area contributed by atoms with E-state index in [-0.39, 0.29) is 11.4 Å². The fourth-order valence-electron chi connectivity index (χ4n) is 2.26. The van der Waals surface area contributed by atoms with Crippen molar-refractivity contribution in [2.75, 3.05) is 7.05 Å². The molecule has 0 aliphatic heterocycles. The zero-order valence-electron chi connectivity index (χ0n) is 13.5. The molecule has 2 rings (SSSR count). The second-order valence-electron chi connectivity index (χ2n) is 5.80. The predicted molar refractivity (Wildman–Crippen MR) is 90.3 cm³/mol. The number of nitriles is 1. The minimum atomic E-state index is -3.61. The van der Waals surface area contributed by atoms with Crippen molar-refractivity contribution >= 4 is 10.0 Å². The molecule has 0 N–H and O–H groups in total. The third-order valence-corrected chi connectivity index (χ3v) is 5.52. The lowest BCUT2D eigenvalue weighted by Gasteiger charge is -2.18. The molecule has 0 aliphatic carbocycles. The predicted octanol–water partition coefficient (Wildman–Crippen LogP) is 3.50. The molecule has 4 nitrogen and oxygen atoms in total. The number of rotatable bonds is 5. The van der Waals surface area contributed by atoms with E-state index in [1.165, 1.54) is 22.0 Å². The molecule has 0 saturated heterocycles. The van der Waals surface area contributed by atoms with Crippen molar-refractivity contribution in [3.63, 3.8) is 0 Å². The number of benzene rings is 2. The topological polar surface area (TPSA) is 61.2 Å². The van der Waals surface area contributed by atoms with Crippen molar-refractivity contribution in [2.45, 2.75) is 31.2 Å². The maximum absolute atomic E-state index is 12.6. The van der Waals surface area contributed by atoms with Gasteiger partial charge in [-0.15, -0.1) is 0 Å². The van der Waals surface area contributed by atoms with Gasteiger partial charge in [0.2, 0.25) is 10.0 Å². The van der Waals surface area contributed by atoms with Crippen LogP contribution < -0.4 is 0 Å². The molecule has 0 saturated carbocycles. The van der Waals surface area contributed by atoms with Crippen molar-refractivity contribution in [1.82, 2.24) is 4.31 Å². The lowest BCUT2D eigenvalue weighted by atomic mass is 10.0. The quantitative estimate of drug-likeness (QED) is 0.844. The van der Waals surface area contributed by atoms with Crippen LogP contribution in [0.2, 0.25) is 0 Å². The summed E-state index contributed by atoms with van der Waals surface area (Å²) in [6, 6.07) is 16.0. The Morgan fingerprint density at radius 2 is 1.78 bits per heavy atom. The van der Waals surface area contributed by atoms with Gasteiger partial charge in [0, 0.05) is 13.6 Å². The summed E-state index contributed by atoms with van der Waals surface area (Å²) >= 11 is 0. The van der Waals surface area contributed by atoms with Crippen LogP contribution in [0.3, 0.4) is 0 Å². The van der Waals surface area contributed by atoms with Crippen LogP contribution in [0.4, 0.5) is 0 Å². The Labute approximate surface area is 138 Å². The molecule has 120 valence electrons. The van der Waals surface area contributed by atoms with Gasteiger partial charge in [-0.25, -0.2) is 8.42 Å².